The van der Waals surface area contributed by atoms with E-state index in [0.29, 0.717) is 12.5 Å². The zero-order chi connectivity index (χ0) is 11.8. The maximum Gasteiger partial charge on any atom is 0.224 e. The van der Waals surface area contributed by atoms with E-state index in [1.165, 1.54) is 12.8 Å². The topological polar surface area (TPSA) is 55.6 Å². The van der Waals surface area contributed by atoms with Crippen LogP contribution in [0.2, 0.25) is 0 Å². The summed E-state index contributed by atoms with van der Waals surface area (Å²) in [5, 5.41) is 14.8. The Labute approximate surface area is 104 Å². The largest absolute Gasteiger partial charge is 0.349 e. The number of thiazole rings is 1. The van der Waals surface area contributed by atoms with E-state index in [1.807, 2.05) is 14.0 Å². The average molecular weight is 249 g/mol. The predicted octanol–water partition coefficient (Wildman–Crippen LogP) is 2.07. The zero-order valence-corrected chi connectivity index (χ0v) is 10.8. The second kappa shape index (κ2) is 4.10. The van der Waals surface area contributed by atoms with Crippen molar-refractivity contribution in [3.8, 4) is 0 Å². The standard InChI is InChI=1S/C11H15N5S/c1-7-13-9(6-17-7)5-12-11-15-14-10(16(11)2)8-3-4-8/h6,8H,3-5H2,1-2H3,(H,12,15). The number of hydrogen-bond donors (Lipinski definition) is 1. The summed E-state index contributed by atoms with van der Waals surface area (Å²) >= 11 is 1.67. The molecule has 5 nitrogen and oxygen atoms in total. The Morgan fingerprint density at radius 2 is 2.29 bits per heavy atom. The van der Waals surface area contributed by atoms with Crippen LogP contribution in [0.25, 0.3) is 0 Å². The van der Waals surface area contributed by atoms with E-state index in [-0.39, 0.29) is 0 Å². The molecular weight excluding hydrogens is 234 g/mol. The van der Waals surface area contributed by atoms with Gasteiger partial charge in [0.2, 0.25) is 5.95 Å². The molecule has 90 valence electrons. The molecule has 1 aliphatic carbocycles. The molecule has 0 aromatic carbocycles. The summed E-state index contributed by atoms with van der Waals surface area (Å²) in [6.45, 7) is 2.72. The highest BCUT2D eigenvalue weighted by Crippen LogP contribution is 2.39. The lowest BCUT2D eigenvalue weighted by molar-refractivity contribution is 0.797. The van der Waals surface area contributed by atoms with Crippen LogP contribution in [0.15, 0.2) is 5.38 Å². The molecule has 1 saturated carbocycles. The zero-order valence-electron chi connectivity index (χ0n) is 9.97. The van der Waals surface area contributed by atoms with Gasteiger partial charge in [-0.2, -0.15) is 0 Å². The van der Waals surface area contributed by atoms with Gasteiger partial charge in [0.25, 0.3) is 0 Å². The summed E-state index contributed by atoms with van der Waals surface area (Å²) in [6.07, 6.45) is 2.49. The van der Waals surface area contributed by atoms with E-state index in [4.69, 9.17) is 0 Å². The van der Waals surface area contributed by atoms with Crippen LogP contribution in [-0.4, -0.2) is 19.7 Å². The Balaban J connectivity index is 1.68. The fraction of sp³-hybridized carbons (Fsp3) is 0.545. The number of hydrogen-bond acceptors (Lipinski definition) is 5. The molecule has 1 aliphatic rings. The van der Waals surface area contributed by atoms with E-state index < -0.39 is 0 Å². The summed E-state index contributed by atoms with van der Waals surface area (Å²) < 4.78 is 2.05. The molecule has 2 heterocycles. The maximum absolute atomic E-state index is 4.41. The first-order chi connectivity index (χ1) is 8.24. The van der Waals surface area contributed by atoms with E-state index >= 15 is 0 Å². The molecule has 0 atom stereocenters. The molecule has 3 rings (SSSR count). The fourth-order valence-corrected chi connectivity index (χ4v) is 2.46. The molecule has 0 amide bonds. The first-order valence-electron chi connectivity index (χ1n) is 5.78. The van der Waals surface area contributed by atoms with Crippen LogP contribution in [0.1, 0.15) is 35.3 Å². The van der Waals surface area contributed by atoms with Crippen molar-refractivity contribution in [2.45, 2.75) is 32.2 Å². The molecule has 0 aliphatic heterocycles. The summed E-state index contributed by atoms with van der Waals surface area (Å²) in [4.78, 5) is 4.41. The van der Waals surface area contributed by atoms with Crippen LogP contribution in [-0.2, 0) is 13.6 Å². The minimum Gasteiger partial charge on any atom is -0.349 e. The molecule has 2 aromatic rings. The molecule has 17 heavy (non-hydrogen) atoms. The van der Waals surface area contributed by atoms with Crippen LogP contribution in [0.3, 0.4) is 0 Å². The van der Waals surface area contributed by atoms with Crippen molar-refractivity contribution in [1.82, 2.24) is 19.7 Å². The molecule has 0 saturated heterocycles. The predicted molar refractivity (Wildman–Crippen MR) is 67.2 cm³/mol. The van der Waals surface area contributed by atoms with Gasteiger partial charge in [-0.15, -0.1) is 21.5 Å². The van der Waals surface area contributed by atoms with Crippen molar-refractivity contribution in [3.05, 3.63) is 21.9 Å². The average Bonchev–Trinajstić information content (AvgIpc) is 2.97. The van der Waals surface area contributed by atoms with Gasteiger partial charge in [0.1, 0.15) is 5.82 Å². The SMILES string of the molecule is Cc1nc(CNc2nnc(C3CC3)n2C)cs1. The lowest BCUT2D eigenvalue weighted by Crippen LogP contribution is -2.06. The van der Waals surface area contributed by atoms with Crippen molar-refractivity contribution in [1.29, 1.82) is 0 Å². The van der Waals surface area contributed by atoms with E-state index in [0.717, 1.165) is 22.5 Å². The third-order valence-electron chi connectivity index (χ3n) is 2.95. The smallest absolute Gasteiger partial charge is 0.224 e. The Bertz CT molecular complexity index is 526. The lowest BCUT2D eigenvalue weighted by atomic mass is 10.4. The third kappa shape index (κ3) is 2.17. The van der Waals surface area contributed by atoms with Gasteiger partial charge in [-0.1, -0.05) is 0 Å². The Morgan fingerprint density at radius 3 is 2.94 bits per heavy atom. The summed E-state index contributed by atoms with van der Waals surface area (Å²) in [5.74, 6) is 2.56. The molecule has 0 radical (unpaired) electrons. The van der Waals surface area contributed by atoms with Crippen molar-refractivity contribution in [3.63, 3.8) is 0 Å². The van der Waals surface area contributed by atoms with Crippen molar-refractivity contribution in [2.75, 3.05) is 5.32 Å². The Hall–Kier alpha value is -1.43. The number of nitrogens with one attached hydrogen (secondary N) is 1. The highest BCUT2D eigenvalue weighted by molar-refractivity contribution is 7.09. The summed E-state index contributed by atoms with van der Waals surface area (Å²) in [6, 6.07) is 0. The van der Waals surface area contributed by atoms with Crippen LogP contribution in [0, 0.1) is 6.92 Å². The minimum atomic E-state index is 0.629. The molecule has 0 unspecified atom stereocenters. The first kappa shape index (κ1) is 10.7. The second-order valence-corrected chi connectivity index (χ2v) is 5.49. The monoisotopic (exact) mass is 249 g/mol. The minimum absolute atomic E-state index is 0.629. The number of nitrogens with zero attached hydrogens (tertiary/aromatic N) is 4. The van der Waals surface area contributed by atoms with Gasteiger partial charge in [-0.05, 0) is 19.8 Å². The van der Waals surface area contributed by atoms with E-state index in [1.54, 1.807) is 11.3 Å². The van der Waals surface area contributed by atoms with Crippen molar-refractivity contribution >= 4 is 17.3 Å². The normalized spacial score (nSPS) is 15.2. The van der Waals surface area contributed by atoms with Crippen LogP contribution >= 0.6 is 11.3 Å². The highest BCUT2D eigenvalue weighted by atomic mass is 32.1. The molecule has 1 fully saturated rings. The van der Waals surface area contributed by atoms with E-state index in [2.05, 4.69) is 30.4 Å². The van der Waals surface area contributed by atoms with Crippen LogP contribution < -0.4 is 5.32 Å². The number of rotatable bonds is 4. The molecule has 2 aromatic heterocycles. The van der Waals surface area contributed by atoms with Crippen LogP contribution in [0.5, 0.6) is 0 Å². The Kier molecular flexibility index (Phi) is 2.58. The fourth-order valence-electron chi connectivity index (χ4n) is 1.85. The molecular formula is C11H15N5S. The van der Waals surface area contributed by atoms with Gasteiger partial charge < -0.3 is 9.88 Å². The van der Waals surface area contributed by atoms with E-state index in [9.17, 15) is 0 Å². The quantitative estimate of drug-likeness (QED) is 0.901. The van der Waals surface area contributed by atoms with Crippen molar-refractivity contribution in [2.24, 2.45) is 7.05 Å². The van der Waals surface area contributed by atoms with Gasteiger partial charge in [-0.3, -0.25) is 0 Å². The van der Waals surface area contributed by atoms with Crippen LogP contribution in [0.4, 0.5) is 5.95 Å². The number of anilines is 1. The third-order valence-corrected chi connectivity index (χ3v) is 3.77. The Morgan fingerprint density at radius 1 is 1.47 bits per heavy atom. The van der Waals surface area contributed by atoms with Gasteiger partial charge >= 0.3 is 0 Å². The number of aromatic nitrogens is 4. The first-order valence-corrected chi connectivity index (χ1v) is 6.66. The second-order valence-electron chi connectivity index (χ2n) is 4.43. The lowest BCUT2D eigenvalue weighted by Gasteiger charge is -2.04. The maximum atomic E-state index is 4.41. The van der Waals surface area contributed by atoms with Gasteiger partial charge in [0.05, 0.1) is 17.2 Å². The van der Waals surface area contributed by atoms with Gasteiger partial charge in [0.15, 0.2) is 0 Å². The highest BCUT2D eigenvalue weighted by Gasteiger charge is 2.29. The van der Waals surface area contributed by atoms with Crippen molar-refractivity contribution < 1.29 is 0 Å². The summed E-state index contributed by atoms with van der Waals surface area (Å²) in [5.41, 5.74) is 1.06. The number of aryl methyl sites for hydroxylation is 1. The summed E-state index contributed by atoms with van der Waals surface area (Å²) in [7, 11) is 2.02. The molecule has 0 spiro atoms. The van der Waals surface area contributed by atoms with Gasteiger partial charge in [-0.25, -0.2) is 4.98 Å². The molecule has 1 N–H and O–H groups in total. The van der Waals surface area contributed by atoms with Gasteiger partial charge in [0, 0.05) is 18.3 Å². The molecule has 0 bridgehead atoms. The molecule has 6 heteroatoms.